The third-order valence-electron chi connectivity index (χ3n) is 2.95. The highest BCUT2D eigenvalue weighted by atomic mass is 35.5. The van der Waals surface area contributed by atoms with E-state index in [1.807, 2.05) is 12.1 Å². The summed E-state index contributed by atoms with van der Waals surface area (Å²) in [6.07, 6.45) is 0.633. The van der Waals surface area contributed by atoms with Gasteiger partial charge in [0.1, 0.15) is 12.4 Å². The zero-order valence-electron chi connectivity index (χ0n) is 10.4. The predicted molar refractivity (Wildman–Crippen MR) is 74.3 cm³/mol. The standard InChI is InChI=1S/C14H11ClN2O3/c15-8-5-9(14(16)17-6-8)13(18)12-7-19-10-3-1-2-4-11(10)20-12/h1-6,12H,7H2,(H2,16,17). The molecule has 1 aliphatic heterocycles. The number of nitrogens with zero attached hydrogens (tertiary/aromatic N) is 1. The van der Waals surface area contributed by atoms with E-state index in [1.165, 1.54) is 12.3 Å². The molecule has 6 heteroatoms. The molecule has 0 radical (unpaired) electrons. The number of halogens is 1. The largest absolute Gasteiger partial charge is 0.485 e. The zero-order valence-corrected chi connectivity index (χ0v) is 11.1. The van der Waals surface area contributed by atoms with E-state index < -0.39 is 6.10 Å². The number of ether oxygens (including phenoxy) is 2. The van der Waals surface area contributed by atoms with Crippen molar-refractivity contribution in [2.75, 3.05) is 12.3 Å². The van der Waals surface area contributed by atoms with Crippen molar-refractivity contribution in [2.45, 2.75) is 6.10 Å². The van der Waals surface area contributed by atoms with Crippen molar-refractivity contribution < 1.29 is 14.3 Å². The van der Waals surface area contributed by atoms with Gasteiger partial charge in [-0.05, 0) is 18.2 Å². The Balaban J connectivity index is 1.88. The molecule has 1 aromatic heterocycles. The molecule has 2 aromatic rings. The van der Waals surface area contributed by atoms with E-state index in [9.17, 15) is 4.79 Å². The molecule has 0 aliphatic carbocycles. The first kappa shape index (κ1) is 12.7. The van der Waals surface area contributed by atoms with Crippen LogP contribution < -0.4 is 15.2 Å². The van der Waals surface area contributed by atoms with E-state index in [0.29, 0.717) is 16.5 Å². The number of ketones is 1. The number of aromatic nitrogens is 1. The second kappa shape index (κ2) is 5.02. The number of nitrogen functional groups attached to an aromatic ring is 1. The minimum absolute atomic E-state index is 0.127. The van der Waals surface area contributed by atoms with Gasteiger partial charge >= 0.3 is 0 Å². The Morgan fingerprint density at radius 1 is 1.35 bits per heavy atom. The summed E-state index contributed by atoms with van der Waals surface area (Å²) in [6.45, 7) is 0.127. The van der Waals surface area contributed by atoms with Gasteiger partial charge < -0.3 is 15.2 Å². The first-order valence-electron chi connectivity index (χ1n) is 5.99. The summed E-state index contributed by atoms with van der Waals surface area (Å²) in [5.41, 5.74) is 5.95. The van der Waals surface area contributed by atoms with Crippen LogP contribution in [0, 0.1) is 0 Å². The summed E-state index contributed by atoms with van der Waals surface area (Å²) in [6, 6.07) is 8.66. The lowest BCUT2D eigenvalue weighted by molar-refractivity contribution is 0.0586. The van der Waals surface area contributed by atoms with Gasteiger partial charge in [-0.1, -0.05) is 23.7 Å². The summed E-state index contributed by atoms with van der Waals surface area (Å²) >= 11 is 5.84. The van der Waals surface area contributed by atoms with Crippen LogP contribution in [0.3, 0.4) is 0 Å². The molecule has 0 saturated heterocycles. The first-order valence-corrected chi connectivity index (χ1v) is 6.36. The summed E-state index contributed by atoms with van der Waals surface area (Å²) in [5.74, 6) is 0.980. The Morgan fingerprint density at radius 2 is 2.10 bits per heavy atom. The van der Waals surface area contributed by atoms with Crippen LogP contribution in [-0.4, -0.2) is 23.5 Å². The Kier molecular flexibility index (Phi) is 3.20. The fourth-order valence-electron chi connectivity index (χ4n) is 1.97. The topological polar surface area (TPSA) is 74.4 Å². The van der Waals surface area contributed by atoms with E-state index in [-0.39, 0.29) is 23.8 Å². The number of pyridine rings is 1. The van der Waals surface area contributed by atoms with Crippen LogP contribution in [0.1, 0.15) is 10.4 Å². The number of carbonyl (C=O) groups excluding carboxylic acids is 1. The number of nitrogens with two attached hydrogens (primary N) is 1. The van der Waals surface area contributed by atoms with Crippen LogP contribution in [0.25, 0.3) is 0 Å². The molecule has 0 fully saturated rings. The second-order valence-electron chi connectivity index (χ2n) is 4.31. The lowest BCUT2D eigenvalue weighted by Crippen LogP contribution is -2.37. The zero-order chi connectivity index (χ0) is 14.1. The maximum atomic E-state index is 12.4. The Morgan fingerprint density at radius 3 is 2.90 bits per heavy atom. The molecule has 1 aromatic carbocycles. The summed E-state index contributed by atoms with van der Waals surface area (Å²) in [7, 11) is 0. The van der Waals surface area contributed by atoms with Gasteiger partial charge in [-0.25, -0.2) is 4.98 Å². The number of anilines is 1. The number of fused-ring (bicyclic) bond motifs is 1. The molecule has 1 atom stereocenters. The van der Waals surface area contributed by atoms with Crippen molar-refractivity contribution in [3.05, 3.63) is 47.1 Å². The summed E-state index contributed by atoms with van der Waals surface area (Å²) in [4.78, 5) is 16.3. The number of hydrogen-bond donors (Lipinski definition) is 1. The van der Waals surface area contributed by atoms with Crippen molar-refractivity contribution in [3.8, 4) is 11.5 Å². The molecule has 0 bridgehead atoms. The highest BCUT2D eigenvalue weighted by molar-refractivity contribution is 6.31. The molecular formula is C14H11ClN2O3. The molecule has 20 heavy (non-hydrogen) atoms. The van der Waals surface area contributed by atoms with E-state index in [2.05, 4.69) is 4.98 Å². The van der Waals surface area contributed by atoms with Crippen molar-refractivity contribution in [1.29, 1.82) is 0 Å². The van der Waals surface area contributed by atoms with Gasteiger partial charge in [0, 0.05) is 6.20 Å². The van der Waals surface area contributed by atoms with Crippen LogP contribution in [0.4, 0.5) is 5.82 Å². The second-order valence-corrected chi connectivity index (χ2v) is 4.75. The van der Waals surface area contributed by atoms with Crippen LogP contribution in [0.5, 0.6) is 11.5 Å². The monoisotopic (exact) mass is 290 g/mol. The van der Waals surface area contributed by atoms with Gasteiger partial charge in [0.25, 0.3) is 0 Å². The maximum Gasteiger partial charge on any atom is 0.210 e. The van der Waals surface area contributed by atoms with Gasteiger partial charge in [0.2, 0.25) is 5.78 Å². The molecule has 102 valence electrons. The minimum atomic E-state index is -0.757. The number of hydrogen-bond acceptors (Lipinski definition) is 5. The van der Waals surface area contributed by atoms with Gasteiger partial charge in [-0.2, -0.15) is 0 Å². The third-order valence-corrected chi connectivity index (χ3v) is 3.16. The van der Waals surface area contributed by atoms with Gasteiger partial charge in [0.05, 0.1) is 10.6 Å². The molecule has 1 aliphatic rings. The molecule has 0 saturated carbocycles. The van der Waals surface area contributed by atoms with E-state index in [1.54, 1.807) is 12.1 Å². The first-order chi connectivity index (χ1) is 9.65. The molecule has 1 unspecified atom stereocenters. The Hall–Kier alpha value is -2.27. The highest BCUT2D eigenvalue weighted by Crippen LogP contribution is 2.32. The third kappa shape index (κ3) is 2.28. The molecule has 0 amide bonds. The average Bonchev–Trinajstić information content (AvgIpc) is 2.48. The fourth-order valence-corrected chi connectivity index (χ4v) is 2.13. The smallest absolute Gasteiger partial charge is 0.210 e. The van der Waals surface area contributed by atoms with E-state index >= 15 is 0 Å². The maximum absolute atomic E-state index is 12.4. The summed E-state index contributed by atoms with van der Waals surface area (Å²) < 4.78 is 11.2. The van der Waals surface area contributed by atoms with E-state index in [4.69, 9.17) is 26.8 Å². The van der Waals surface area contributed by atoms with Crippen LogP contribution >= 0.6 is 11.6 Å². The normalized spacial score (nSPS) is 16.8. The number of rotatable bonds is 2. The quantitative estimate of drug-likeness (QED) is 0.859. The van der Waals surface area contributed by atoms with Gasteiger partial charge in [-0.15, -0.1) is 0 Å². The van der Waals surface area contributed by atoms with Crippen molar-refractivity contribution in [1.82, 2.24) is 4.98 Å². The molecule has 2 N–H and O–H groups in total. The van der Waals surface area contributed by atoms with Crippen LogP contribution in [-0.2, 0) is 0 Å². The minimum Gasteiger partial charge on any atom is -0.485 e. The molecule has 5 nitrogen and oxygen atoms in total. The lowest BCUT2D eigenvalue weighted by atomic mass is 10.1. The molecule has 0 spiro atoms. The van der Waals surface area contributed by atoms with Gasteiger partial charge in [0.15, 0.2) is 17.6 Å². The van der Waals surface area contributed by atoms with E-state index in [0.717, 1.165) is 0 Å². The molecule has 3 rings (SSSR count). The van der Waals surface area contributed by atoms with Crippen molar-refractivity contribution >= 4 is 23.2 Å². The van der Waals surface area contributed by atoms with Crippen LogP contribution in [0.2, 0.25) is 5.02 Å². The summed E-state index contributed by atoms with van der Waals surface area (Å²) in [5, 5.41) is 0.347. The van der Waals surface area contributed by atoms with Crippen molar-refractivity contribution in [2.24, 2.45) is 0 Å². The highest BCUT2D eigenvalue weighted by Gasteiger charge is 2.29. The SMILES string of the molecule is Nc1ncc(Cl)cc1C(=O)C1COc2ccccc2O1. The molecule has 2 heterocycles. The predicted octanol–water partition coefficient (Wildman–Crippen LogP) is 2.34. The fraction of sp³-hybridized carbons (Fsp3) is 0.143. The number of para-hydroxylation sites is 2. The number of carbonyl (C=O) groups is 1. The average molecular weight is 291 g/mol. The van der Waals surface area contributed by atoms with Gasteiger partial charge in [-0.3, -0.25) is 4.79 Å². The van der Waals surface area contributed by atoms with Crippen LogP contribution in [0.15, 0.2) is 36.5 Å². The lowest BCUT2D eigenvalue weighted by Gasteiger charge is -2.25. The van der Waals surface area contributed by atoms with Crippen molar-refractivity contribution in [3.63, 3.8) is 0 Å². The number of Topliss-reactive ketones (excluding diaryl/α,β-unsaturated/α-hetero) is 1. The number of benzene rings is 1. The Bertz CT molecular complexity index is 675. The molecular weight excluding hydrogens is 280 g/mol. The Labute approximate surface area is 120 Å².